The Morgan fingerprint density at radius 2 is 2.18 bits per heavy atom. The van der Waals surface area contributed by atoms with Crippen molar-refractivity contribution in [3.8, 4) is 5.69 Å². The van der Waals surface area contributed by atoms with Crippen molar-refractivity contribution >= 4 is 29.9 Å². The molecule has 1 aliphatic heterocycles. The quantitative estimate of drug-likeness (QED) is 0.896. The number of benzene rings is 1. The highest BCUT2D eigenvalue weighted by molar-refractivity contribution is 6.32. The third-order valence-corrected chi connectivity index (χ3v) is 4.07. The summed E-state index contributed by atoms with van der Waals surface area (Å²) in [5.41, 5.74) is 2.15. The van der Waals surface area contributed by atoms with Crippen LogP contribution in [0.15, 0.2) is 30.5 Å². The number of nitrogens with one attached hydrogen (secondary N) is 2. The van der Waals surface area contributed by atoms with Crippen LogP contribution in [0.25, 0.3) is 5.69 Å². The molecule has 7 heteroatoms. The standard InChI is InChI=1S/C15H17ClN4O.ClH/c1-10-12(15(21)18-8-11-6-17-7-11)9-19-20(10)14-5-3-2-4-13(14)16;/h2-5,9,11,17H,6-8H2,1H3,(H,18,21);1H. The number of rotatable bonds is 4. The number of aromatic nitrogens is 2. The van der Waals surface area contributed by atoms with E-state index >= 15 is 0 Å². The maximum Gasteiger partial charge on any atom is 0.254 e. The van der Waals surface area contributed by atoms with E-state index in [1.807, 2.05) is 25.1 Å². The molecular formula is C15H18Cl2N4O. The van der Waals surface area contributed by atoms with Crippen LogP contribution in [0, 0.1) is 12.8 Å². The molecule has 0 radical (unpaired) electrons. The lowest BCUT2D eigenvalue weighted by molar-refractivity contribution is 0.0941. The van der Waals surface area contributed by atoms with Crippen molar-refractivity contribution in [2.75, 3.05) is 19.6 Å². The second-order valence-corrected chi connectivity index (χ2v) is 5.65. The fourth-order valence-corrected chi connectivity index (χ4v) is 2.54. The van der Waals surface area contributed by atoms with Gasteiger partial charge < -0.3 is 10.6 Å². The van der Waals surface area contributed by atoms with E-state index in [2.05, 4.69) is 15.7 Å². The molecule has 0 atom stereocenters. The van der Waals surface area contributed by atoms with Crippen LogP contribution in [0.3, 0.4) is 0 Å². The van der Waals surface area contributed by atoms with Crippen molar-refractivity contribution in [2.24, 2.45) is 5.92 Å². The normalized spacial score (nSPS) is 14.1. The maximum atomic E-state index is 12.2. The van der Waals surface area contributed by atoms with E-state index in [-0.39, 0.29) is 18.3 Å². The van der Waals surface area contributed by atoms with Gasteiger partial charge in [-0.15, -0.1) is 12.4 Å². The van der Waals surface area contributed by atoms with Crippen molar-refractivity contribution < 1.29 is 4.79 Å². The third kappa shape index (κ3) is 3.27. The molecule has 1 fully saturated rings. The minimum atomic E-state index is -0.0855. The van der Waals surface area contributed by atoms with Crippen LogP contribution < -0.4 is 10.6 Å². The topological polar surface area (TPSA) is 59.0 Å². The zero-order chi connectivity index (χ0) is 14.8. The molecule has 118 valence electrons. The van der Waals surface area contributed by atoms with Gasteiger partial charge in [0.15, 0.2) is 0 Å². The fourth-order valence-electron chi connectivity index (χ4n) is 2.32. The first-order valence-electron chi connectivity index (χ1n) is 6.95. The Bertz CT molecular complexity index is 667. The molecule has 0 bridgehead atoms. The van der Waals surface area contributed by atoms with Gasteiger partial charge in [0.25, 0.3) is 5.91 Å². The first-order valence-corrected chi connectivity index (χ1v) is 7.33. The predicted molar refractivity (Wildman–Crippen MR) is 89.3 cm³/mol. The van der Waals surface area contributed by atoms with Gasteiger partial charge in [-0.05, 0) is 19.1 Å². The Labute approximate surface area is 140 Å². The fraction of sp³-hybridized carbons (Fsp3) is 0.333. The summed E-state index contributed by atoms with van der Waals surface area (Å²) < 4.78 is 1.70. The summed E-state index contributed by atoms with van der Waals surface area (Å²) in [6.45, 7) is 4.51. The number of carbonyl (C=O) groups is 1. The molecular weight excluding hydrogens is 323 g/mol. The summed E-state index contributed by atoms with van der Waals surface area (Å²) in [4.78, 5) is 12.2. The van der Waals surface area contributed by atoms with E-state index in [1.165, 1.54) is 0 Å². The van der Waals surface area contributed by atoms with Gasteiger partial charge in [0.05, 0.1) is 28.2 Å². The molecule has 0 saturated carbocycles. The molecule has 5 nitrogen and oxygen atoms in total. The number of amides is 1. The first kappa shape index (κ1) is 16.8. The second kappa shape index (κ2) is 7.13. The molecule has 1 saturated heterocycles. The lowest BCUT2D eigenvalue weighted by Gasteiger charge is -2.27. The van der Waals surface area contributed by atoms with Gasteiger partial charge >= 0.3 is 0 Å². The zero-order valence-electron chi connectivity index (χ0n) is 12.2. The van der Waals surface area contributed by atoms with Gasteiger partial charge in [-0.1, -0.05) is 23.7 Å². The van der Waals surface area contributed by atoms with E-state index in [0.717, 1.165) is 24.5 Å². The summed E-state index contributed by atoms with van der Waals surface area (Å²) in [5, 5.41) is 11.0. The van der Waals surface area contributed by atoms with Gasteiger partial charge in [-0.3, -0.25) is 4.79 Å². The van der Waals surface area contributed by atoms with E-state index in [1.54, 1.807) is 16.9 Å². The average molecular weight is 341 g/mol. The molecule has 0 unspecified atom stereocenters. The molecule has 0 spiro atoms. The molecule has 22 heavy (non-hydrogen) atoms. The van der Waals surface area contributed by atoms with Crippen molar-refractivity contribution in [3.63, 3.8) is 0 Å². The minimum Gasteiger partial charge on any atom is -0.352 e. The van der Waals surface area contributed by atoms with Gasteiger partial charge in [0, 0.05) is 25.6 Å². The van der Waals surface area contributed by atoms with Crippen LogP contribution in [0.2, 0.25) is 5.02 Å². The van der Waals surface area contributed by atoms with Crippen molar-refractivity contribution in [1.29, 1.82) is 0 Å². The smallest absolute Gasteiger partial charge is 0.254 e. The van der Waals surface area contributed by atoms with Crippen molar-refractivity contribution in [2.45, 2.75) is 6.92 Å². The Balaban J connectivity index is 0.00000176. The molecule has 1 amide bonds. The maximum absolute atomic E-state index is 12.2. The Morgan fingerprint density at radius 1 is 1.45 bits per heavy atom. The second-order valence-electron chi connectivity index (χ2n) is 5.24. The number of carbonyl (C=O) groups excluding carboxylic acids is 1. The Morgan fingerprint density at radius 3 is 2.82 bits per heavy atom. The van der Waals surface area contributed by atoms with Crippen LogP contribution in [-0.2, 0) is 0 Å². The van der Waals surface area contributed by atoms with Gasteiger partial charge in [0.2, 0.25) is 0 Å². The summed E-state index contributed by atoms with van der Waals surface area (Å²) in [6.07, 6.45) is 1.59. The van der Waals surface area contributed by atoms with E-state index in [0.29, 0.717) is 23.0 Å². The third-order valence-electron chi connectivity index (χ3n) is 3.75. The molecule has 2 heterocycles. The highest BCUT2D eigenvalue weighted by Crippen LogP contribution is 2.22. The highest BCUT2D eigenvalue weighted by atomic mass is 35.5. The van der Waals surface area contributed by atoms with Crippen LogP contribution in [-0.4, -0.2) is 35.3 Å². The molecule has 3 rings (SSSR count). The SMILES string of the molecule is Cc1c(C(=O)NCC2CNC2)cnn1-c1ccccc1Cl.Cl. The highest BCUT2D eigenvalue weighted by Gasteiger charge is 2.20. The lowest BCUT2D eigenvalue weighted by Crippen LogP contribution is -2.48. The number of hydrogen-bond acceptors (Lipinski definition) is 3. The number of hydrogen-bond donors (Lipinski definition) is 2. The summed E-state index contributed by atoms with van der Waals surface area (Å²) >= 11 is 6.18. The van der Waals surface area contributed by atoms with Crippen molar-refractivity contribution in [3.05, 3.63) is 46.7 Å². The summed E-state index contributed by atoms with van der Waals surface area (Å²) in [6, 6.07) is 7.45. The molecule has 2 aromatic rings. The van der Waals surface area contributed by atoms with Gasteiger partial charge in [0.1, 0.15) is 0 Å². The average Bonchev–Trinajstić information content (AvgIpc) is 2.79. The van der Waals surface area contributed by atoms with Gasteiger partial charge in [-0.25, -0.2) is 4.68 Å². The summed E-state index contributed by atoms with van der Waals surface area (Å²) in [7, 11) is 0. The minimum absolute atomic E-state index is 0. The van der Waals surface area contributed by atoms with Crippen molar-refractivity contribution in [1.82, 2.24) is 20.4 Å². The molecule has 1 aromatic heterocycles. The zero-order valence-corrected chi connectivity index (χ0v) is 13.7. The lowest BCUT2D eigenvalue weighted by atomic mass is 10.0. The molecule has 0 aliphatic carbocycles. The number of nitrogens with zero attached hydrogens (tertiary/aromatic N) is 2. The largest absolute Gasteiger partial charge is 0.352 e. The number of halogens is 2. The molecule has 1 aliphatic rings. The first-order chi connectivity index (χ1) is 10.2. The number of para-hydroxylation sites is 1. The van der Waals surface area contributed by atoms with Crippen LogP contribution in [0.4, 0.5) is 0 Å². The van der Waals surface area contributed by atoms with Gasteiger partial charge in [-0.2, -0.15) is 5.10 Å². The Kier molecular flexibility index (Phi) is 5.45. The van der Waals surface area contributed by atoms with Crippen LogP contribution >= 0.6 is 24.0 Å². The molecule has 2 N–H and O–H groups in total. The van der Waals surface area contributed by atoms with E-state index in [4.69, 9.17) is 11.6 Å². The van der Waals surface area contributed by atoms with E-state index < -0.39 is 0 Å². The Hall–Kier alpha value is -1.56. The van der Waals surface area contributed by atoms with Crippen LogP contribution in [0.1, 0.15) is 16.1 Å². The predicted octanol–water partition coefficient (Wildman–Crippen LogP) is 2.21. The molecule has 1 aromatic carbocycles. The monoisotopic (exact) mass is 340 g/mol. The van der Waals surface area contributed by atoms with Crippen LogP contribution in [0.5, 0.6) is 0 Å². The van der Waals surface area contributed by atoms with E-state index in [9.17, 15) is 4.79 Å². The summed E-state index contributed by atoms with van der Waals surface area (Å²) in [5.74, 6) is 0.450.